The zero-order valence-corrected chi connectivity index (χ0v) is 14.4. The number of hydrogen-bond acceptors (Lipinski definition) is 3. The van der Waals surface area contributed by atoms with Crippen molar-refractivity contribution in [3.05, 3.63) is 65.5 Å². The van der Waals surface area contributed by atoms with Gasteiger partial charge in [0.15, 0.2) is 0 Å². The third-order valence-electron chi connectivity index (χ3n) is 4.81. The summed E-state index contributed by atoms with van der Waals surface area (Å²) in [5, 5.41) is 11.5. The lowest BCUT2D eigenvalue weighted by molar-refractivity contribution is 0.0927. The molecule has 0 bridgehead atoms. The Kier molecular flexibility index (Phi) is 3.87. The van der Waals surface area contributed by atoms with E-state index in [1.54, 1.807) is 0 Å². The lowest BCUT2D eigenvalue weighted by Crippen LogP contribution is -2.41. The number of carbonyl (C=O) groups is 1. The zero-order chi connectivity index (χ0) is 17.4. The van der Waals surface area contributed by atoms with Crippen LogP contribution >= 0.6 is 0 Å². The van der Waals surface area contributed by atoms with Crippen LogP contribution in [0, 0.1) is 13.8 Å². The molecule has 1 aliphatic heterocycles. The number of rotatable bonds is 3. The first-order chi connectivity index (χ1) is 12.1. The highest BCUT2D eigenvalue weighted by Gasteiger charge is 2.24. The van der Waals surface area contributed by atoms with E-state index in [2.05, 4.69) is 20.1 Å². The summed E-state index contributed by atoms with van der Waals surface area (Å²) in [5.74, 6) is 1.87. The van der Waals surface area contributed by atoms with Gasteiger partial charge in [0.25, 0.3) is 5.91 Å². The zero-order valence-electron chi connectivity index (χ0n) is 14.4. The summed E-state index contributed by atoms with van der Waals surface area (Å²) in [6.45, 7) is 4.70. The molecule has 25 heavy (non-hydrogen) atoms. The first-order valence-electron chi connectivity index (χ1n) is 8.56. The summed E-state index contributed by atoms with van der Waals surface area (Å²) >= 11 is 0. The van der Waals surface area contributed by atoms with E-state index in [1.807, 2.05) is 61.1 Å². The van der Waals surface area contributed by atoms with Crippen LogP contribution in [0.2, 0.25) is 0 Å². The first kappa shape index (κ1) is 15.6. The van der Waals surface area contributed by atoms with Gasteiger partial charge in [0.05, 0.1) is 11.3 Å². The molecule has 6 nitrogen and oxygen atoms in total. The lowest BCUT2D eigenvalue weighted by Gasteiger charge is -2.25. The lowest BCUT2D eigenvalue weighted by atomic mass is 10.0. The summed E-state index contributed by atoms with van der Waals surface area (Å²) in [5.41, 5.74) is 2.70. The summed E-state index contributed by atoms with van der Waals surface area (Å²) < 4.78 is 4.09. The van der Waals surface area contributed by atoms with Crippen molar-refractivity contribution in [3.8, 4) is 5.69 Å². The normalized spacial score (nSPS) is 16.5. The molecule has 1 aliphatic rings. The van der Waals surface area contributed by atoms with E-state index in [9.17, 15) is 4.79 Å². The second-order valence-corrected chi connectivity index (χ2v) is 6.54. The second-order valence-electron chi connectivity index (χ2n) is 6.54. The molecular weight excluding hydrogens is 314 g/mol. The van der Waals surface area contributed by atoms with Gasteiger partial charge in [-0.3, -0.25) is 4.79 Å². The van der Waals surface area contributed by atoms with E-state index in [0.29, 0.717) is 5.56 Å². The van der Waals surface area contributed by atoms with Crippen LogP contribution in [0.25, 0.3) is 5.69 Å². The maximum atomic E-state index is 13.0. The van der Waals surface area contributed by atoms with Crippen molar-refractivity contribution in [2.24, 2.45) is 0 Å². The minimum absolute atomic E-state index is 0.0356. The van der Waals surface area contributed by atoms with Gasteiger partial charge in [-0.05, 0) is 44.0 Å². The number of aryl methyl sites for hydroxylation is 3. The van der Waals surface area contributed by atoms with Crippen LogP contribution in [0.15, 0.2) is 42.7 Å². The van der Waals surface area contributed by atoms with E-state index >= 15 is 0 Å². The van der Waals surface area contributed by atoms with Crippen molar-refractivity contribution >= 4 is 5.91 Å². The molecule has 0 spiro atoms. The van der Waals surface area contributed by atoms with Gasteiger partial charge in [-0.15, -0.1) is 10.2 Å². The second kappa shape index (κ2) is 6.20. The average Bonchev–Trinajstić information content (AvgIpc) is 3.25. The molecule has 2 aromatic heterocycles. The minimum atomic E-state index is -0.0356. The molecule has 0 aliphatic carbocycles. The summed E-state index contributed by atoms with van der Waals surface area (Å²) in [6.07, 6.45) is 5.65. The van der Waals surface area contributed by atoms with E-state index < -0.39 is 0 Å². The van der Waals surface area contributed by atoms with Crippen molar-refractivity contribution in [3.63, 3.8) is 0 Å². The smallest absolute Gasteiger partial charge is 0.253 e. The molecule has 0 saturated carbocycles. The molecule has 1 amide bonds. The van der Waals surface area contributed by atoms with Gasteiger partial charge in [-0.1, -0.05) is 12.1 Å². The van der Waals surface area contributed by atoms with Crippen LogP contribution < -0.4 is 5.32 Å². The molecule has 0 fully saturated rings. The Morgan fingerprint density at radius 1 is 1.16 bits per heavy atom. The average molecular weight is 335 g/mol. The minimum Gasteiger partial charge on any atom is -0.347 e. The highest BCUT2D eigenvalue weighted by molar-refractivity contribution is 5.98. The molecule has 3 heterocycles. The Hall–Kier alpha value is -2.89. The molecule has 1 atom stereocenters. The molecule has 128 valence electrons. The van der Waals surface area contributed by atoms with Crippen LogP contribution in [0.4, 0.5) is 0 Å². The van der Waals surface area contributed by atoms with E-state index in [1.165, 1.54) is 0 Å². The monoisotopic (exact) mass is 335 g/mol. The van der Waals surface area contributed by atoms with Crippen molar-refractivity contribution in [2.75, 3.05) is 0 Å². The number of para-hydroxylation sites is 1. The maximum absolute atomic E-state index is 13.0. The maximum Gasteiger partial charge on any atom is 0.253 e. The van der Waals surface area contributed by atoms with Crippen LogP contribution in [0.5, 0.6) is 0 Å². The van der Waals surface area contributed by atoms with Crippen LogP contribution in [-0.4, -0.2) is 31.3 Å². The number of aromatic nitrogens is 4. The fourth-order valence-corrected chi connectivity index (χ4v) is 3.51. The van der Waals surface area contributed by atoms with Crippen LogP contribution in [0.3, 0.4) is 0 Å². The first-order valence-corrected chi connectivity index (χ1v) is 8.56. The number of benzene rings is 1. The summed E-state index contributed by atoms with van der Waals surface area (Å²) in [6, 6.07) is 9.86. The van der Waals surface area contributed by atoms with Crippen molar-refractivity contribution in [2.45, 2.75) is 39.3 Å². The predicted octanol–water partition coefficient (Wildman–Crippen LogP) is 2.43. The number of hydrogen-bond donors (Lipinski definition) is 1. The number of amides is 1. The Morgan fingerprint density at radius 2 is 1.96 bits per heavy atom. The molecular formula is C19H21N5O. The predicted molar refractivity (Wildman–Crippen MR) is 94.8 cm³/mol. The van der Waals surface area contributed by atoms with Gasteiger partial charge >= 0.3 is 0 Å². The molecule has 0 radical (unpaired) electrons. The number of carbonyl (C=O) groups excluding carboxylic acids is 1. The van der Waals surface area contributed by atoms with Gasteiger partial charge in [-0.2, -0.15) is 0 Å². The van der Waals surface area contributed by atoms with Gasteiger partial charge in [0, 0.05) is 31.4 Å². The Bertz CT molecular complexity index is 910. The van der Waals surface area contributed by atoms with Gasteiger partial charge in [0.1, 0.15) is 11.6 Å². The van der Waals surface area contributed by atoms with Crippen LogP contribution in [0.1, 0.15) is 34.0 Å². The third kappa shape index (κ3) is 2.84. The van der Waals surface area contributed by atoms with Crippen molar-refractivity contribution in [1.82, 2.24) is 24.6 Å². The molecule has 6 heteroatoms. The summed E-state index contributed by atoms with van der Waals surface area (Å²) in [4.78, 5) is 13.0. The molecule has 4 rings (SSSR count). The Morgan fingerprint density at radius 3 is 2.76 bits per heavy atom. The van der Waals surface area contributed by atoms with Gasteiger partial charge in [0.2, 0.25) is 0 Å². The quantitative estimate of drug-likeness (QED) is 0.799. The Labute approximate surface area is 146 Å². The van der Waals surface area contributed by atoms with Gasteiger partial charge < -0.3 is 14.5 Å². The van der Waals surface area contributed by atoms with E-state index in [0.717, 1.165) is 42.3 Å². The highest BCUT2D eigenvalue weighted by atomic mass is 16.1. The highest BCUT2D eigenvalue weighted by Crippen LogP contribution is 2.21. The molecule has 0 unspecified atom stereocenters. The van der Waals surface area contributed by atoms with Crippen molar-refractivity contribution in [1.29, 1.82) is 0 Å². The SMILES string of the molecule is Cc1cccc(C(=O)N[C@@H]2CCc3nnc(C)n3C2)c1-n1cccc1. The van der Waals surface area contributed by atoms with E-state index in [4.69, 9.17) is 0 Å². The number of fused-ring (bicyclic) bond motifs is 1. The third-order valence-corrected chi connectivity index (χ3v) is 4.81. The van der Waals surface area contributed by atoms with Gasteiger partial charge in [-0.25, -0.2) is 0 Å². The largest absolute Gasteiger partial charge is 0.347 e. The molecule has 3 aromatic rings. The fourth-order valence-electron chi connectivity index (χ4n) is 3.51. The topological polar surface area (TPSA) is 64.7 Å². The summed E-state index contributed by atoms with van der Waals surface area (Å²) in [7, 11) is 0. The Balaban J connectivity index is 1.59. The molecule has 0 saturated heterocycles. The molecule has 1 N–H and O–H groups in total. The number of nitrogens with zero attached hydrogens (tertiary/aromatic N) is 4. The molecule has 1 aromatic carbocycles. The van der Waals surface area contributed by atoms with Crippen LogP contribution in [-0.2, 0) is 13.0 Å². The van der Waals surface area contributed by atoms with E-state index in [-0.39, 0.29) is 11.9 Å². The fraction of sp³-hybridized carbons (Fsp3) is 0.316. The van der Waals surface area contributed by atoms with Crippen molar-refractivity contribution < 1.29 is 4.79 Å². The number of nitrogens with one attached hydrogen (secondary N) is 1. The standard InChI is InChI=1S/C19H21N5O/c1-13-6-5-7-16(18(13)23-10-3-4-11-23)19(25)20-15-8-9-17-22-21-14(2)24(17)12-15/h3-7,10-11,15H,8-9,12H2,1-2H3,(H,20,25)/t15-/m1/s1.